The first-order valence-corrected chi connectivity index (χ1v) is 4.89. The molecule has 1 aromatic rings. The minimum atomic E-state index is -4.42. The third kappa shape index (κ3) is 2.03. The molecule has 0 spiro atoms. The summed E-state index contributed by atoms with van der Waals surface area (Å²) in [6, 6.07) is 1.83. The number of halogens is 1. The van der Waals surface area contributed by atoms with Crippen molar-refractivity contribution in [2.24, 2.45) is 0 Å². The largest absolute Gasteiger partial charge is 0.506 e. The number of nitrogens with two attached hydrogens (primary N) is 1. The molecule has 0 aromatic heterocycles. The molecule has 1 rings (SSSR count). The number of phenolic OH excluding ortho intramolecular Hbond substituents is 1. The van der Waals surface area contributed by atoms with E-state index < -0.39 is 20.8 Å². The summed E-state index contributed by atoms with van der Waals surface area (Å²) in [5.41, 5.74) is 5.16. The minimum absolute atomic E-state index is 0.0580. The molecule has 0 saturated heterocycles. The number of benzene rings is 1. The second kappa shape index (κ2) is 3.06. The highest BCUT2D eigenvalue weighted by atomic mass is 35.5. The van der Waals surface area contributed by atoms with Crippen molar-refractivity contribution in [3.63, 3.8) is 0 Å². The number of hydrogen-bond acceptors (Lipinski definition) is 4. The van der Waals surface area contributed by atoms with E-state index in [9.17, 15) is 8.42 Å². The molecular formula is C6H6ClNO4S. The van der Waals surface area contributed by atoms with E-state index in [1.54, 1.807) is 0 Å². The maximum Gasteiger partial charge on any atom is 0.296 e. The van der Waals surface area contributed by atoms with Crippen LogP contribution in [0.3, 0.4) is 0 Å². The van der Waals surface area contributed by atoms with Gasteiger partial charge in [-0.15, -0.1) is 0 Å². The van der Waals surface area contributed by atoms with Crippen molar-refractivity contribution in [3.05, 3.63) is 17.2 Å². The Bertz CT molecular complexity index is 442. The fraction of sp³-hybridized carbons (Fsp3) is 0. The molecule has 0 fully saturated rings. The van der Waals surface area contributed by atoms with E-state index in [2.05, 4.69) is 0 Å². The van der Waals surface area contributed by atoms with Crippen molar-refractivity contribution in [2.45, 2.75) is 4.90 Å². The lowest BCUT2D eigenvalue weighted by Gasteiger charge is -2.03. The molecule has 0 aliphatic rings. The molecule has 13 heavy (non-hydrogen) atoms. The lowest BCUT2D eigenvalue weighted by atomic mass is 10.3. The molecule has 5 nitrogen and oxygen atoms in total. The van der Waals surface area contributed by atoms with Crippen LogP contribution in [0.25, 0.3) is 0 Å². The van der Waals surface area contributed by atoms with Crippen LogP contribution in [0.4, 0.5) is 5.69 Å². The van der Waals surface area contributed by atoms with E-state index in [0.29, 0.717) is 0 Å². The third-order valence-corrected chi connectivity index (χ3v) is 2.68. The van der Waals surface area contributed by atoms with E-state index in [-0.39, 0.29) is 10.7 Å². The molecule has 0 atom stereocenters. The molecule has 7 heteroatoms. The average molecular weight is 224 g/mol. The maximum atomic E-state index is 10.6. The third-order valence-electron chi connectivity index (χ3n) is 1.36. The number of hydrogen-bond donors (Lipinski definition) is 3. The number of aromatic hydroxyl groups is 1. The Morgan fingerprint density at radius 2 is 1.92 bits per heavy atom. The molecule has 0 aliphatic heterocycles. The summed E-state index contributed by atoms with van der Waals surface area (Å²) in [5.74, 6) is -0.447. The number of anilines is 1. The monoisotopic (exact) mass is 223 g/mol. The maximum absolute atomic E-state index is 10.6. The van der Waals surface area contributed by atoms with E-state index >= 15 is 0 Å². The fourth-order valence-electron chi connectivity index (χ4n) is 0.756. The molecule has 0 aliphatic carbocycles. The number of rotatable bonds is 1. The Labute approximate surface area is 79.5 Å². The normalized spacial score (nSPS) is 11.5. The van der Waals surface area contributed by atoms with Gasteiger partial charge in [0.2, 0.25) is 0 Å². The van der Waals surface area contributed by atoms with Crippen molar-refractivity contribution in [3.8, 4) is 5.75 Å². The predicted octanol–water partition coefficient (Wildman–Crippen LogP) is 0.875. The minimum Gasteiger partial charge on any atom is -0.506 e. The van der Waals surface area contributed by atoms with Gasteiger partial charge in [-0.2, -0.15) is 8.42 Å². The van der Waals surface area contributed by atoms with Gasteiger partial charge in [-0.1, -0.05) is 11.6 Å². The van der Waals surface area contributed by atoms with Gasteiger partial charge in [0.25, 0.3) is 10.1 Å². The van der Waals surface area contributed by atoms with Crippen molar-refractivity contribution in [2.75, 3.05) is 5.73 Å². The van der Waals surface area contributed by atoms with E-state index in [0.717, 1.165) is 12.1 Å². The Hall–Kier alpha value is -0.980. The first kappa shape index (κ1) is 10.1. The second-order valence-electron chi connectivity index (χ2n) is 2.32. The molecule has 0 radical (unpaired) electrons. The van der Waals surface area contributed by atoms with Crippen LogP contribution >= 0.6 is 11.6 Å². The van der Waals surface area contributed by atoms with Crippen LogP contribution in [0.1, 0.15) is 0 Å². The van der Waals surface area contributed by atoms with Crippen LogP contribution in [-0.2, 0) is 10.1 Å². The first-order valence-electron chi connectivity index (χ1n) is 3.08. The van der Waals surface area contributed by atoms with Crippen LogP contribution in [0.2, 0.25) is 5.02 Å². The van der Waals surface area contributed by atoms with Crippen molar-refractivity contribution in [1.29, 1.82) is 0 Å². The zero-order valence-corrected chi connectivity index (χ0v) is 7.80. The number of nitrogen functional groups attached to an aromatic ring is 1. The first-order chi connectivity index (χ1) is 5.82. The van der Waals surface area contributed by atoms with Crippen LogP contribution < -0.4 is 5.73 Å². The van der Waals surface area contributed by atoms with Crippen LogP contribution in [0.15, 0.2) is 17.0 Å². The summed E-state index contributed by atoms with van der Waals surface area (Å²) in [7, 11) is -4.42. The summed E-state index contributed by atoms with van der Waals surface area (Å²) in [5, 5.41) is 8.79. The lowest BCUT2D eigenvalue weighted by Crippen LogP contribution is -2.00. The zero-order valence-electron chi connectivity index (χ0n) is 6.23. The highest BCUT2D eigenvalue weighted by Gasteiger charge is 2.16. The molecule has 0 heterocycles. The standard InChI is InChI=1S/C6H6ClNO4S/c7-3-1-4(8)5(9)2-6(3)13(10,11)12/h1-2,9H,8H2,(H,10,11,12). The molecule has 72 valence electrons. The van der Waals surface area contributed by atoms with Crippen molar-refractivity contribution >= 4 is 27.4 Å². The molecular weight excluding hydrogens is 218 g/mol. The Morgan fingerprint density at radius 3 is 2.38 bits per heavy atom. The summed E-state index contributed by atoms with van der Waals surface area (Å²) in [6.07, 6.45) is 0. The zero-order chi connectivity index (χ0) is 10.2. The quantitative estimate of drug-likeness (QED) is 0.373. The highest BCUT2D eigenvalue weighted by Crippen LogP contribution is 2.30. The summed E-state index contributed by atoms with van der Waals surface area (Å²) in [4.78, 5) is -0.569. The molecule has 0 amide bonds. The molecule has 0 saturated carbocycles. The summed E-state index contributed by atoms with van der Waals surface area (Å²) in [6.45, 7) is 0. The second-order valence-corrected chi connectivity index (χ2v) is 4.11. The highest BCUT2D eigenvalue weighted by molar-refractivity contribution is 7.86. The van der Waals surface area contributed by atoms with Gasteiger partial charge in [0.05, 0.1) is 10.7 Å². The Morgan fingerprint density at radius 1 is 1.38 bits per heavy atom. The van der Waals surface area contributed by atoms with Crippen molar-refractivity contribution < 1.29 is 18.1 Å². The van der Waals surface area contributed by atoms with Gasteiger partial charge >= 0.3 is 0 Å². The van der Waals surface area contributed by atoms with Gasteiger partial charge in [0, 0.05) is 6.07 Å². The van der Waals surface area contributed by atoms with Gasteiger partial charge in [0.15, 0.2) is 0 Å². The van der Waals surface area contributed by atoms with Gasteiger partial charge in [-0.05, 0) is 6.07 Å². The fourth-order valence-corrected chi connectivity index (χ4v) is 1.79. The van der Waals surface area contributed by atoms with Gasteiger partial charge in [-0.3, -0.25) is 4.55 Å². The summed E-state index contributed by atoms with van der Waals surface area (Å²) < 4.78 is 29.9. The number of phenols is 1. The van der Waals surface area contributed by atoms with E-state index in [1.807, 2.05) is 0 Å². The SMILES string of the molecule is Nc1cc(Cl)c(S(=O)(=O)O)cc1O. The van der Waals surface area contributed by atoms with Crippen molar-refractivity contribution in [1.82, 2.24) is 0 Å². The topological polar surface area (TPSA) is 101 Å². The Balaban J connectivity index is 3.50. The average Bonchev–Trinajstić information content (AvgIpc) is 1.94. The Kier molecular flexibility index (Phi) is 2.38. The smallest absolute Gasteiger partial charge is 0.296 e. The van der Waals surface area contributed by atoms with Crippen LogP contribution in [-0.4, -0.2) is 18.1 Å². The molecule has 1 aromatic carbocycles. The predicted molar refractivity (Wildman–Crippen MR) is 47.3 cm³/mol. The van der Waals surface area contributed by atoms with Gasteiger partial charge in [0.1, 0.15) is 10.6 Å². The van der Waals surface area contributed by atoms with Gasteiger partial charge in [-0.25, -0.2) is 0 Å². The van der Waals surface area contributed by atoms with E-state index in [4.69, 9.17) is 27.0 Å². The summed E-state index contributed by atoms with van der Waals surface area (Å²) >= 11 is 5.46. The van der Waals surface area contributed by atoms with E-state index in [1.165, 1.54) is 0 Å². The molecule has 0 unspecified atom stereocenters. The van der Waals surface area contributed by atoms with Gasteiger partial charge < -0.3 is 10.8 Å². The molecule has 0 bridgehead atoms. The van der Waals surface area contributed by atoms with Crippen LogP contribution in [0, 0.1) is 0 Å². The molecule has 4 N–H and O–H groups in total. The lowest BCUT2D eigenvalue weighted by molar-refractivity contribution is 0.468. The van der Waals surface area contributed by atoms with Crippen LogP contribution in [0.5, 0.6) is 5.75 Å².